The molecule has 1 aromatic heterocycles. The maximum Gasteiger partial charge on any atom is 0.292 e. The number of aryl methyl sites for hydroxylation is 1. The molecule has 7 heteroatoms. The van der Waals surface area contributed by atoms with Gasteiger partial charge in [0.05, 0.1) is 29.2 Å². The van der Waals surface area contributed by atoms with Crippen LogP contribution in [0.4, 0.5) is 0 Å². The normalized spacial score (nSPS) is 15.0. The molecule has 0 saturated carbocycles. The van der Waals surface area contributed by atoms with Crippen molar-refractivity contribution in [2.45, 2.75) is 20.0 Å². The molecule has 3 aromatic rings. The van der Waals surface area contributed by atoms with Gasteiger partial charge in [0.1, 0.15) is 12.7 Å². The molecular weight excluding hydrogens is 370 g/mol. The van der Waals surface area contributed by atoms with Crippen LogP contribution in [-0.4, -0.2) is 40.7 Å². The second-order valence-electron chi connectivity index (χ2n) is 6.83. The minimum Gasteiger partial charge on any atom is -0.486 e. The van der Waals surface area contributed by atoms with Gasteiger partial charge in [-0.15, -0.1) is 0 Å². The zero-order valence-electron chi connectivity index (χ0n) is 16.2. The quantitative estimate of drug-likeness (QED) is 0.534. The Hall–Kier alpha value is -3.61. The van der Waals surface area contributed by atoms with E-state index in [0.29, 0.717) is 35.1 Å². The number of hydrogen-bond acceptors (Lipinski definition) is 5. The summed E-state index contributed by atoms with van der Waals surface area (Å²) in [4.78, 5) is 25.3. The number of benzene rings is 2. The third kappa shape index (κ3) is 3.71. The molecule has 29 heavy (non-hydrogen) atoms. The van der Waals surface area contributed by atoms with Crippen molar-refractivity contribution in [1.29, 1.82) is 0 Å². The Morgan fingerprint density at radius 2 is 1.76 bits per heavy atom. The van der Waals surface area contributed by atoms with Crippen LogP contribution in [0.25, 0.3) is 5.69 Å². The van der Waals surface area contributed by atoms with Gasteiger partial charge in [0.2, 0.25) is 0 Å². The maximum atomic E-state index is 12.8. The number of rotatable bonds is 5. The lowest BCUT2D eigenvalue weighted by Crippen LogP contribution is -2.43. The number of fused-ring (bicyclic) bond motifs is 1. The summed E-state index contributed by atoms with van der Waals surface area (Å²) in [6.45, 7) is 3.98. The van der Waals surface area contributed by atoms with E-state index < -0.39 is 11.7 Å². The molecule has 7 nitrogen and oxygen atoms in total. The SMILES string of the molecule is Cc1nn(-c2ccccc2)c(C)c1C(=O)C(=O)NC[C@H]1COc2ccccc2O1. The van der Waals surface area contributed by atoms with Crippen LogP contribution >= 0.6 is 0 Å². The molecule has 0 unspecified atom stereocenters. The molecule has 0 bridgehead atoms. The summed E-state index contributed by atoms with van der Waals surface area (Å²) < 4.78 is 13.1. The topological polar surface area (TPSA) is 82.5 Å². The molecule has 0 aliphatic carbocycles. The third-order valence-electron chi connectivity index (χ3n) is 4.78. The van der Waals surface area contributed by atoms with Gasteiger partial charge in [-0.2, -0.15) is 5.10 Å². The minimum absolute atomic E-state index is 0.170. The highest BCUT2D eigenvalue weighted by Crippen LogP contribution is 2.30. The van der Waals surface area contributed by atoms with Crippen molar-refractivity contribution in [2.75, 3.05) is 13.2 Å². The van der Waals surface area contributed by atoms with Gasteiger partial charge in [0.25, 0.3) is 11.7 Å². The monoisotopic (exact) mass is 391 g/mol. The predicted molar refractivity (Wildman–Crippen MR) is 107 cm³/mol. The van der Waals surface area contributed by atoms with E-state index in [1.807, 2.05) is 48.5 Å². The van der Waals surface area contributed by atoms with E-state index in [2.05, 4.69) is 10.4 Å². The van der Waals surface area contributed by atoms with Gasteiger partial charge in [-0.1, -0.05) is 30.3 Å². The highest BCUT2D eigenvalue weighted by Gasteiger charge is 2.27. The van der Waals surface area contributed by atoms with Crippen molar-refractivity contribution in [2.24, 2.45) is 0 Å². The minimum atomic E-state index is -0.689. The van der Waals surface area contributed by atoms with Crippen molar-refractivity contribution in [3.8, 4) is 17.2 Å². The van der Waals surface area contributed by atoms with E-state index >= 15 is 0 Å². The Labute approximate surface area is 168 Å². The average Bonchev–Trinajstić information content (AvgIpc) is 3.05. The zero-order valence-corrected chi connectivity index (χ0v) is 16.2. The van der Waals surface area contributed by atoms with Gasteiger partial charge in [-0.05, 0) is 38.1 Å². The van der Waals surface area contributed by atoms with Gasteiger partial charge in [-0.3, -0.25) is 9.59 Å². The summed E-state index contributed by atoms with van der Waals surface area (Å²) in [5, 5.41) is 7.08. The summed E-state index contributed by atoms with van der Waals surface area (Å²) in [7, 11) is 0. The Bertz CT molecular complexity index is 1060. The molecule has 1 aliphatic heterocycles. The van der Waals surface area contributed by atoms with Gasteiger partial charge >= 0.3 is 0 Å². The Balaban J connectivity index is 1.44. The number of ether oxygens (including phenoxy) is 2. The van der Waals surface area contributed by atoms with Gasteiger partial charge < -0.3 is 14.8 Å². The second-order valence-corrected chi connectivity index (χ2v) is 6.83. The Morgan fingerprint density at radius 1 is 1.07 bits per heavy atom. The van der Waals surface area contributed by atoms with Crippen LogP contribution in [0, 0.1) is 13.8 Å². The average molecular weight is 391 g/mol. The Morgan fingerprint density at radius 3 is 2.52 bits per heavy atom. The molecule has 1 atom stereocenters. The highest BCUT2D eigenvalue weighted by atomic mass is 16.6. The second kappa shape index (κ2) is 7.79. The van der Waals surface area contributed by atoms with E-state index in [9.17, 15) is 9.59 Å². The number of nitrogens with one attached hydrogen (secondary N) is 1. The first kappa shape index (κ1) is 18.7. The van der Waals surface area contributed by atoms with Crippen molar-refractivity contribution in [3.63, 3.8) is 0 Å². The molecule has 2 heterocycles. The number of para-hydroxylation sites is 3. The van der Waals surface area contributed by atoms with Gasteiger partial charge in [0.15, 0.2) is 11.5 Å². The molecule has 1 amide bonds. The van der Waals surface area contributed by atoms with Crippen LogP contribution < -0.4 is 14.8 Å². The number of amides is 1. The Kier molecular flexibility index (Phi) is 5.03. The summed E-state index contributed by atoms with van der Waals surface area (Å²) in [6, 6.07) is 16.8. The number of hydrogen-bond donors (Lipinski definition) is 1. The van der Waals surface area contributed by atoms with E-state index in [4.69, 9.17) is 9.47 Å². The third-order valence-corrected chi connectivity index (χ3v) is 4.78. The fourth-order valence-corrected chi connectivity index (χ4v) is 3.36. The summed E-state index contributed by atoms with van der Waals surface area (Å²) in [5.41, 5.74) is 2.29. The molecule has 148 valence electrons. The van der Waals surface area contributed by atoms with Crippen molar-refractivity contribution < 1.29 is 19.1 Å². The molecule has 4 rings (SSSR count). The van der Waals surface area contributed by atoms with Crippen LogP contribution in [0.1, 0.15) is 21.7 Å². The molecule has 1 aliphatic rings. The fourth-order valence-electron chi connectivity index (χ4n) is 3.36. The number of ketones is 1. The van der Waals surface area contributed by atoms with E-state index in [-0.39, 0.29) is 12.6 Å². The van der Waals surface area contributed by atoms with Crippen LogP contribution in [0.15, 0.2) is 54.6 Å². The van der Waals surface area contributed by atoms with Crippen LogP contribution in [0.5, 0.6) is 11.5 Å². The molecule has 0 saturated heterocycles. The smallest absolute Gasteiger partial charge is 0.292 e. The van der Waals surface area contributed by atoms with Crippen molar-refractivity contribution >= 4 is 11.7 Å². The molecule has 1 N–H and O–H groups in total. The number of aromatic nitrogens is 2. The number of carbonyl (C=O) groups is 2. The lowest BCUT2D eigenvalue weighted by molar-refractivity contribution is -0.117. The van der Waals surface area contributed by atoms with E-state index in [1.54, 1.807) is 24.6 Å². The maximum absolute atomic E-state index is 12.8. The van der Waals surface area contributed by atoms with Crippen molar-refractivity contribution in [3.05, 3.63) is 71.5 Å². The van der Waals surface area contributed by atoms with Crippen LogP contribution in [0.3, 0.4) is 0 Å². The molecule has 2 aromatic carbocycles. The molecular formula is C22H21N3O4. The van der Waals surface area contributed by atoms with Crippen LogP contribution in [-0.2, 0) is 4.79 Å². The van der Waals surface area contributed by atoms with Crippen molar-refractivity contribution in [1.82, 2.24) is 15.1 Å². The first-order valence-electron chi connectivity index (χ1n) is 9.37. The first-order chi connectivity index (χ1) is 14.0. The number of Topliss-reactive ketones (excluding diaryl/α,β-unsaturated/α-hetero) is 1. The van der Waals surface area contributed by atoms with E-state index in [1.165, 1.54) is 0 Å². The summed E-state index contributed by atoms with van der Waals surface area (Å²) >= 11 is 0. The summed E-state index contributed by atoms with van der Waals surface area (Å²) in [5.74, 6) is -0.00328. The largest absolute Gasteiger partial charge is 0.486 e. The first-order valence-corrected chi connectivity index (χ1v) is 9.37. The molecule has 0 radical (unpaired) electrons. The number of nitrogens with zero attached hydrogens (tertiary/aromatic N) is 2. The fraction of sp³-hybridized carbons (Fsp3) is 0.227. The molecule has 0 spiro atoms. The van der Waals surface area contributed by atoms with Crippen LogP contribution in [0.2, 0.25) is 0 Å². The van der Waals surface area contributed by atoms with Gasteiger partial charge in [-0.25, -0.2) is 4.68 Å². The lowest BCUT2D eigenvalue weighted by atomic mass is 10.1. The van der Waals surface area contributed by atoms with Gasteiger partial charge in [0, 0.05) is 0 Å². The lowest BCUT2D eigenvalue weighted by Gasteiger charge is -2.26. The van der Waals surface area contributed by atoms with E-state index in [0.717, 1.165) is 5.69 Å². The standard InChI is InChI=1S/C22H21N3O4/c1-14-20(15(2)25(24-14)16-8-4-3-5-9-16)21(26)22(27)23-12-17-13-28-18-10-6-7-11-19(18)29-17/h3-11,17H,12-13H2,1-2H3,(H,23,27)/t17-/m0/s1. The molecule has 0 fully saturated rings. The highest BCUT2D eigenvalue weighted by molar-refractivity contribution is 6.43. The predicted octanol–water partition coefficient (Wildman–Crippen LogP) is 2.63. The zero-order chi connectivity index (χ0) is 20.4. The summed E-state index contributed by atoms with van der Waals surface area (Å²) in [6.07, 6.45) is -0.365. The number of carbonyl (C=O) groups excluding carboxylic acids is 2.